The summed E-state index contributed by atoms with van der Waals surface area (Å²) < 4.78 is 13.2. The Morgan fingerprint density at radius 1 is 1.03 bits per heavy atom. The van der Waals surface area contributed by atoms with Crippen molar-refractivity contribution in [3.05, 3.63) is 92.6 Å². The van der Waals surface area contributed by atoms with E-state index in [1.807, 2.05) is 48.5 Å². The SMILES string of the molecule is COc1cccc2c1-c1ccc(-c3ccccc3C(N)=O)cc1C(c1ccc(Br)s1)O2. The third-order valence-corrected chi connectivity index (χ3v) is 7.08. The quantitative estimate of drug-likeness (QED) is 0.357. The van der Waals surface area contributed by atoms with Crippen molar-refractivity contribution < 1.29 is 14.3 Å². The molecule has 0 aliphatic carbocycles. The van der Waals surface area contributed by atoms with E-state index in [1.165, 1.54) is 0 Å². The molecule has 1 unspecified atom stereocenters. The molecule has 0 radical (unpaired) electrons. The lowest BCUT2D eigenvalue weighted by molar-refractivity contribution is 0.100. The van der Waals surface area contributed by atoms with Gasteiger partial charge in [0.15, 0.2) is 6.10 Å². The van der Waals surface area contributed by atoms with Crippen LogP contribution >= 0.6 is 27.3 Å². The highest BCUT2D eigenvalue weighted by Crippen LogP contribution is 2.50. The van der Waals surface area contributed by atoms with Crippen LogP contribution in [-0.2, 0) is 0 Å². The minimum absolute atomic E-state index is 0.272. The molecule has 1 amide bonds. The number of nitrogens with two attached hydrogens (primary N) is 1. The molecule has 0 saturated heterocycles. The molecular weight excluding hydrogens is 474 g/mol. The Balaban J connectivity index is 1.75. The lowest BCUT2D eigenvalue weighted by atomic mass is 9.88. The number of carbonyl (C=O) groups is 1. The second kappa shape index (κ2) is 7.87. The predicted octanol–water partition coefficient (Wildman–Crippen LogP) is 6.43. The van der Waals surface area contributed by atoms with E-state index in [4.69, 9.17) is 15.2 Å². The molecule has 0 saturated carbocycles. The van der Waals surface area contributed by atoms with Gasteiger partial charge in [-0.1, -0.05) is 36.4 Å². The Bertz CT molecular complexity index is 1310. The molecule has 4 nitrogen and oxygen atoms in total. The van der Waals surface area contributed by atoms with Crippen LogP contribution in [-0.4, -0.2) is 13.0 Å². The van der Waals surface area contributed by atoms with Crippen LogP contribution in [0.15, 0.2) is 76.6 Å². The van der Waals surface area contributed by atoms with E-state index in [0.29, 0.717) is 5.56 Å². The smallest absolute Gasteiger partial charge is 0.249 e. The van der Waals surface area contributed by atoms with Gasteiger partial charge in [0.05, 0.1) is 21.3 Å². The Morgan fingerprint density at radius 2 is 1.87 bits per heavy atom. The zero-order valence-corrected chi connectivity index (χ0v) is 19.0. The minimum Gasteiger partial charge on any atom is -0.496 e. The number of ether oxygens (including phenoxy) is 2. The summed E-state index contributed by atoms with van der Waals surface area (Å²) >= 11 is 5.20. The number of benzene rings is 3. The van der Waals surface area contributed by atoms with Gasteiger partial charge in [0, 0.05) is 11.1 Å². The third kappa shape index (κ3) is 3.42. The first-order valence-corrected chi connectivity index (χ1v) is 11.3. The average Bonchev–Trinajstić information content (AvgIpc) is 3.23. The van der Waals surface area contributed by atoms with Crippen LogP contribution in [0.4, 0.5) is 0 Å². The van der Waals surface area contributed by atoms with E-state index in [9.17, 15) is 4.79 Å². The van der Waals surface area contributed by atoms with Crippen molar-refractivity contribution in [1.29, 1.82) is 0 Å². The molecule has 0 bridgehead atoms. The molecule has 1 atom stereocenters. The molecule has 5 rings (SSSR count). The first-order valence-electron chi connectivity index (χ1n) is 9.69. The van der Waals surface area contributed by atoms with Crippen molar-refractivity contribution in [2.24, 2.45) is 5.73 Å². The average molecular weight is 492 g/mol. The molecule has 1 aliphatic heterocycles. The second-order valence-corrected chi connectivity index (χ2v) is 9.68. The summed E-state index contributed by atoms with van der Waals surface area (Å²) in [5, 5.41) is 0. The monoisotopic (exact) mass is 491 g/mol. The minimum atomic E-state index is -0.449. The van der Waals surface area contributed by atoms with Crippen LogP contribution in [0.1, 0.15) is 26.9 Å². The number of primary amides is 1. The fourth-order valence-corrected chi connectivity index (χ4v) is 5.51. The number of carbonyl (C=O) groups excluding carboxylic acids is 1. The summed E-state index contributed by atoms with van der Waals surface area (Å²) in [7, 11) is 1.66. The van der Waals surface area contributed by atoms with Crippen LogP contribution in [0.2, 0.25) is 0 Å². The number of thiophene rings is 1. The van der Waals surface area contributed by atoms with Crippen LogP contribution in [0, 0.1) is 0 Å². The summed E-state index contributed by atoms with van der Waals surface area (Å²) in [5.41, 5.74) is 10.8. The Kier molecular flexibility index (Phi) is 5.04. The number of hydrogen-bond donors (Lipinski definition) is 1. The molecule has 31 heavy (non-hydrogen) atoms. The first-order chi connectivity index (χ1) is 15.1. The summed E-state index contributed by atoms with van der Waals surface area (Å²) in [6.45, 7) is 0. The molecule has 6 heteroatoms. The summed E-state index contributed by atoms with van der Waals surface area (Å²) in [5.74, 6) is 1.09. The highest BCUT2D eigenvalue weighted by atomic mass is 79.9. The van der Waals surface area contributed by atoms with Gasteiger partial charge in [0.1, 0.15) is 11.5 Å². The van der Waals surface area contributed by atoms with Crippen LogP contribution < -0.4 is 15.2 Å². The largest absolute Gasteiger partial charge is 0.496 e. The number of rotatable bonds is 4. The van der Waals surface area contributed by atoms with Gasteiger partial charge < -0.3 is 15.2 Å². The van der Waals surface area contributed by atoms with Gasteiger partial charge >= 0.3 is 0 Å². The second-order valence-electron chi connectivity index (χ2n) is 7.19. The van der Waals surface area contributed by atoms with Crippen LogP contribution in [0.25, 0.3) is 22.3 Å². The van der Waals surface area contributed by atoms with Gasteiger partial charge in [-0.2, -0.15) is 0 Å². The zero-order chi connectivity index (χ0) is 21.5. The number of hydrogen-bond acceptors (Lipinski definition) is 4. The molecule has 0 fully saturated rings. The van der Waals surface area contributed by atoms with Crippen molar-refractivity contribution in [3.8, 4) is 33.8 Å². The number of amides is 1. The molecule has 1 aromatic heterocycles. The Morgan fingerprint density at radius 3 is 2.61 bits per heavy atom. The molecule has 154 valence electrons. The van der Waals surface area contributed by atoms with Gasteiger partial charge in [-0.25, -0.2) is 0 Å². The normalized spacial score (nSPS) is 14.3. The third-order valence-electron chi connectivity index (χ3n) is 5.41. The summed E-state index contributed by atoms with van der Waals surface area (Å²) in [6.07, 6.45) is -0.272. The lowest BCUT2D eigenvalue weighted by Crippen LogP contribution is -2.15. The van der Waals surface area contributed by atoms with E-state index in [0.717, 1.165) is 48.0 Å². The number of methoxy groups -OCH3 is 1. The standard InChI is InChI=1S/C25H18BrNO3S/c1-29-19-7-4-8-20-23(19)16-10-9-14(15-5-2-3-6-17(15)25(27)28)13-18(16)24(30-20)21-11-12-22(26)31-21/h2-13,24H,1H3,(H2,27,28). The molecule has 4 aromatic rings. The molecule has 1 aliphatic rings. The van der Waals surface area contributed by atoms with Crippen molar-refractivity contribution in [3.63, 3.8) is 0 Å². The van der Waals surface area contributed by atoms with Gasteiger partial charge in [-0.05, 0) is 69.0 Å². The molecule has 2 N–H and O–H groups in total. The number of fused-ring (bicyclic) bond motifs is 3. The van der Waals surface area contributed by atoms with E-state index in [1.54, 1.807) is 24.5 Å². The van der Waals surface area contributed by atoms with Crippen molar-refractivity contribution >= 4 is 33.2 Å². The van der Waals surface area contributed by atoms with Gasteiger partial charge in [-0.15, -0.1) is 11.3 Å². The summed E-state index contributed by atoms with van der Waals surface area (Å²) in [6, 6.07) is 23.5. The van der Waals surface area contributed by atoms with E-state index in [2.05, 4.69) is 34.1 Å². The fourth-order valence-electron chi connectivity index (χ4n) is 4.04. The van der Waals surface area contributed by atoms with E-state index < -0.39 is 5.91 Å². The predicted molar refractivity (Wildman–Crippen MR) is 127 cm³/mol. The first kappa shape index (κ1) is 19.8. The van der Waals surface area contributed by atoms with Crippen LogP contribution in [0.3, 0.4) is 0 Å². The Hall–Kier alpha value is -3.09. The fraction of sp³-hybridized carbons (Fsp3) is 0.0800. The van der Waals surface area contributed by atoms with Gasteiger partial charge in [-0.3, -0.25) is 4.79 Å². The van der Waals surface area contributed by atoms with Crippen molar-refractivity contribution in [2.45, 2.75) is 6.10 Å². The maximum Gasteiger partial charge on any atom is 0.249 e. The number of halogens is 1. The van der Waals surface area contributed by atoms with Crippen molar-refractivity contribution in [1.82, 2.24) is 0 Å². The maximum atomic E-state index is 12.0. The molecule has 0 spiro atoms. The zero-order valence-electron chi connectivity index (χ0n) is 16.6. The topological polar surface area (TPSA) is 61.5 Å². The van der Waals surface area contributed by atoms with Crippen LogP contribution in [0.5, 0.6) is 11.5 Å². The Labute approximate surface area is 192 Å². The summed E-state index contributed by atoms with van der Waals surface area (Å²) in [4.78, 5) is 13.1. The lowest BCUT2D eigenvalue weighted by Gasteiger charge is -2.30. The molecule has 2 heterocycles. The van der Waals surface area contributed by atoms with Gasteiger partial charge in [0.25, 0.3) is 0 Å². The van der Waals surface area contributed by atoms with E-state index >= 15 is 0 Å². The highest BCUT2D eigenvalue weighted by molar-refractivity contribution is 9.11. The maximum absolute atomic E-state index is 12.0. The highest BCUT2D eigenvalue weighted by Gasteiger charge is 2.31. The van der Waals surface area contributed by atoms with E-state index in [-0.39, 0.29) is 6.10 Å². The van der Waals surface area contributed by atoms with Crippen molar-refractivity contribution in [2.75, 3.05) is 7.11 Å². The molecular formula is C25H18BrNO3S. The molecule has 3 aromatic carbocycles. The van der Waals surface area contributed by atoms with Gasteiger partial charge in [0.2, 0.25) is 5.91 Å².